The third-order valence-electron chi connectivity index (χ3n) is 3.99. The average Bonchev–Trinajstić information content (AvgIpc) is 2.71. The van der Waals surface area contributed by atoms with Crippen molar-refractivity contribution in [1.82, 2.24) is 0 Å². The highest BCUT2D eigenvalue weighted by molar-refractivity contribution is 7.65. The topological polar surface area (TPSA) is 26.3 Å². The van der Waals surface area contributed by atoms with Crippen LogP contribution in [0.1, 0.15) is 40.0 Å². The predicted octanol–water partition coefficient (Wildman–Crippen LogP) is 4.40. The zero-order valence-electron chi connectivity index (χ0n) is 10.9. The highest BCUT2D eigenvalue weighted by Crippen LogP contribution is 2.60. The van der Waals surface area contributed by atoms with Gasteiger partial charge in [-0.25, -0.2) is 0 Å². The van der Waals surface area contributed by atoms with Gasteiger partial charge >= 0.3 is 12.0 Å². The molecule has 0 amide bonds. The first kappa shape index (κ1) is 15.0. The lowest BCUT2D eigenvalue weighted by Crippen LogP contribution is -2.34. The summed E-state index contributed by atoms with van der Waals surface area (Å²) in [6.45, 7) is 5.69. The molecular weight excluding hydrogens is 311 g/mol. The summed E-state index contributed by atoms with van der Waals surface area (Å²) in [6.07, 6.45) is 2.75. The van der Waals surface area contributed by atoms with Crippen molar-refractivity contribution in [2.45, 2.75) is 51.2 Å². The maximum Gasteiger partial charge on any atom is 0.344 e. The number of rotatable bonds is 2. The molecule has 2 fully saturated rings. The molecule has 2 aliphatic rings. The number of halogens is 3. The van der Waals surface area contributed by atoms with E-state index >= 15 is 0 Å². The van der Waals surface area contributed by atoms with E-state index in [1.165, 1.54) is 0 Å². The van der Waals surface area contributed by atoms with Crippen LogP contribution in [0.2, 0.25) is 5.54 Å². The number of fused-ring (bicyclic) bond motifs is 2. The highest BCUT2D eigenvalue weighted by atomic mass is 35.8. The van der Waals surface area contributed by atoms with E-state index < -0.39 is 11.6 Å². The van der Waals surface area contributed by atoms with Gasteiger partial charge in [0.1, 0.15) is 5.60 Å². The molecule has 4 unspecified atom stereocenters. The molecule has 2 aliphatic carbocycles. The van der Waals surface area contributed by atoms with Gasteiger partial charge in [0.05, 0.1) is 5.92 Å². The maximum atomic E-state index is 12.1. The van der Waals surface area contributed by atoms with Crippen molar-refractivity contribution >= 4 is 45.2 Å². The minimum absolute atomic E-state index is 0.0202. The van der Waals surface area contributed by atoms with Crippen molar-refractivity contribution in [2.75, 3.05) is 0 Å². The summed E-state index contributed by atoms with van der Waals surface area (Å²) in [5.74, 6) is 0.718. The van der Waals surface area contributed by atoms with Crippen LogP contribution in [0.15, 0.2) is 0 Å². The maximum absolute atomic E-state index is 12.1. The van der Waals surface area contributed by atoms with Crippen molar-refractivity contribution < 1.29 is 9.53 Å². The van der Waals surface area contributed by atoms with Gasteiger partial charge in [0, 0.05) is 0 Å². The van der Waals surface area contributed by atoms with E-state index in [-0.39, 0.29) is 17.4 Å². The van der Waals surface area contributed by atoms with Crippen molar-refractivity contribution in [3.8, 4) is 0 Å². The molecule has 6 heteroatoms. The van der Waals surface area contributed by atoms with Gasteiger partial charge in [-0.2, -0.15) is 0 Å². The smallest absolute Gasteiger partial charge is 0.344 e. The summed E-state index contributed by atoms with van der Waals surface area (Å²) in [7, 11) is 0. The third-order valence-corrected chi connectivity index (χ3v) is 8.06. The number of carbonyl (C=O) groups is 1. The number of hydrogen-bond donors (Lipinski definition) is 0. The molecule has 0 aromatic carbocycles. The molecule has 0 aromatic heterocycles. The van der Waals surface area contributed by atoms with E-state index in [4.69, 9.17) is 38.0 Å². The predicted molar refractivity (Wildman–Crippen MR) is 77.2 cm³/mol. The van der Waals surface area contributed by atoms with Crippen molar-refractivity contribution in [3.63, 3.8) is 0 Å². The molecule has 0 radical (unpaired) electrons. The minimum Gasteiger partial charge on any atom is -0.460 e. The lowest BCUT2D eigenvalue weighted by atomic mass is 9.88. The molecule has 4 atom stereocenters. The summed E-state index contributed by atoms with van der Waals surface area (Å²) in [5, 5.41) is 0. The summed E-state index contributed by atoms with van der Waals surface area (Å²) < 4.78 is 5.47. The second-order valence-corrected chi connectivity index (χ2v) is 15.4. The van der Waals surface area contributed by atoms with Crippen LogP contribution in [0.5, 0.6) is 0 Å². The first-order valence-corrected chi connectivity index (χ1v) is 11.5. The molecule has 2 rings (SSSR count). The Morgan fingerprint density at radius 3 is 2.11 bits per heavy atom. The molecule has 0 heterocycles. The second-order valence-electron chi connectivity index (χ2n) is 6.52. The normalized spacial score (nSPS) is 35.9. The van der Waals surface area contributed by atoms with Crippen LogP contribution in [0.3, 0.4) is 0 Å². The van der Waals surface area contributed by atoms with Crippen molar-refractivity contribution in [2.24, 2.45) is 17.8 Å². The van der Waals surface area contributed by atoms with Gasteiger partial charge in [0.25, 0.3) is 0 Å². The van der Waals surface area contributed by atoms with Gasteiger partial charge in [-0.3, -0.25) is 4.79 Å². The Balaban J connectivity index is 1.97. The third kappa shape index (κ3) is 3.17. The van der Waals surface area contributed by atoms with Crippen LogP contribution in [0.4, 0.5) is 0 Å². The Labute approximate surface area is 123 Å². The fourth-order valence-electron chi connectivity index (χ4n) is 3.34. The van der Waals surface area contributed by atoms with Crippen molar-refractivity contribution in [3.05, 3.63) is 0 Å². The first-order valence-electron chi connectivity index (χ1n) is 6.37. The van der Waals surface area contributed by atoms with Crippen LogP contribution in [0, 0.1) is 17.8 Å². The SMILES string of the molecule is CC(C)(C)OC(=O)C1CC2CC1CC2[Si](Cl)(Cl)Cl. The summed E-state index contributed by atoms with van der Waals surface area (Å²) in [4.78, 5) is 12.1. The molecule has 18 heavy (non-hydrogen) atoms. The first-order chi connectivity index (χ1) is 8.08. The fraction of sp³-hybridized carbons (Fsp3) is 0.917. The number of hydrogen-bond acceptors (Lipinski definition) is 2. The van der Waals surface area contributed by atoms with E-state index in [0.29, 0.717) is 11.8 Å². The summed E-state index contributed by atoms with van der Waals surface area (Å²) >= 11 is 18.4. The zero-order chi connectivity index (χ0) is 13.7. The summed E-state index contributed by atoms with van der Waals surface area (Å²) in [6, 6.07) is -2.62. The quantitative estimate of drug-likeness (QED) is 0.426. The molecule has 2 saturated carbocycles. The van der Waals surface area contributed by atoms with Crippen LogP contribution in [-0.4, -0.2) is 17.6 Å². The van der Waals surface area contributed by atoms with E-state index in [1.54, 1.807) is 0 Å². The van der Waals surface area contributed by atoms with E-state index in [1.807, 2.05) is 20.8 Å². The largest absolute Gasteiger partial charge is 0.460 e. The zero-order valence-corrected chi connectivity index (χ0v) is 14.1. The monoisotopic (exact) mass is 328 g/mol. The van der Waals surface area contributed by atoms with Crippen LogP contribution >= 0.6 is 33.2 Å². The Morgan fingerprint density at radius 1 is 1.11 bits per heavy atom. The lowest BCUT2D eigenvalue weighted by molar-refractivity contribution is -0.161. The van der Waals surface area contributed by atoms with E-state index in [2.05, 4.69) is 0 Å². The molecule has 2 nitrogen and oxygen atoms in total. The van der Waals surface area contributed by atoms with Gasteiger partial charge in [0.15, 0.2) is 0 Å². The van der Waals surface area contributed by atoms with Crippen molar-refractivity contribution in [1.29, 1.82) is 0 Å². The van der Waals surface area contributed by atoms with Gasteiger partial charge in [-0.15, -0.1) is 33.2 Å². The average molecular weight is 330 g/mol. The molecule has 0 N–H and O–H groups in total. The van der Waals surface area contributed by atoms with Gasteiger partial charge < -0.3 is 4.74 Å². The molecule has 0 saturated heterocycles. The number of carbonyl (C=O) groups excluding carboxylic acids is 1. The number of ether oxygens (including phenoxy) is 1. The Kier molecular flexibility index (Phi) is 4.02. The molecular formula is C12H19Cl3O2Si. The van der Waals surface area contributed by atoms with Crippen LogP contribution < -0.4 is 0 Å². The molecule has 0 aliphatic heterocycles. The van der Waals surface area contributed by atoms with Gasteiger partial charge in [-0.1, -0.05) is 0 Å². The van der Waals surface area contributed by atoms with E-state index in [9.17, 15) is 4.79 Å². The fourth-order valence-corrected chi connectivity index (χ4v) is 7.12. The standard InChI is InChI=1S/C12H19Cl3O2Si/c1-12(2,3)17-11(16)9-5-8-4-7(9)6-10(8)18(13,14)15/h7-10H,4-6H2,1-3H3. The second kappa shape index (κ2) is 4.83. The molecule has 0 spiro atoms. The molecule has 2 bridgehead atoms. The number of esters is 1. The minimum atomic E-state index is -2.62. The van der Waals surface area contributed by atoms with Gasteiger partial charge in [-0.05, 0) is 57.4 Å². The Morgan fingerprint density at radius 2 is 1.72 bits per heavy atom. The molecule has 0 aromatic rings. The summed E-state index contributed by atoms with van der Waals surface area (Å²) in [5.41, 5.74) is -0.186. The van der Waals surface area contributed by atoms with Gasteiger partial charge in [0.2, 0.25) is 0 Å². The Hall–Kier alpha value is 0.557. The molecule has 104 valence electrons. The van der Waals surface area contributed by atoms with Crippen LogP contribution in [0.25, 0.3) is 0 Å². The highest BCUT2D eigenvalue weighted by Gasteiger charge is 2.56. The van der Waals surface area contributed by atoms with E-state index in [0.717, 1.165) is 19.3 Å². The van der Waals surface area contributed by atoms with Crippen LogP contribution in [-0.2, 0) is 9.53 Å². The lowest BCUT2D eigenvalue weighted by Gasteiger charge is -2.31. The Bertz CT molecular complexity index is 348.